The third-order valence-corrected chi connectivity index (χ3v) is 4.81. The fourth-order valence-electron chi connectivity index (χ4n) is 3.61. The first kappa shape index (κ1) is 16.7. The van der Waals surface area contributed by atoms with Crippen LogP contribution in [0, 0.1) is 0 Å². The lowest BCUT2D eigenvalue weighted by atomic mass is 9.71. The van der Waals surface area contributed by atoms with E-state index in [2.05, 4.69) is 9.97 Å². The van der Waals surface area contributed by atoms with Gasteiger partial charge >= 0.3 is 0 Å². The summed E-state index contributed by atoms with van der Waals surface area (Å²) < 4.78 is 0. The summed E-state index contributed by atoms with van der Waals surface area (Å²) >= 11 is 0. The maximum Gasteiger partial charge on any atom is 0.242 e. The molecule has 0 aliphatic carbocycles. The van der Waals surface area contributed by atoms with E-state index in [1.54, 1.807) is 48.8 Å². The Morgan fingerprint density at radius 1 is 0.667 bits per heavy atom. The standard InChI is InChI=1S/C21H16N4O2/c22-19(26)21(20(23)27,15-9-1-5-13-7-3-11-24-17(13)15)16-10-2-6-14-8-4-12-25-18(14)16/h1-12H,(H2,22,26)(H2,23,27). The zero-order valence-electron chi connectivity index (χ0n) is 14.3. The van der Waals surface area contributed by atoms with Crippen molar-refractivity contribution in [2.45, 2.75) is 5.41 Å². The van der Waals surface area contributed by atoms with Crippen molar-refractivity contribution in [2.75, 3.05) is 0 Å². The quantitative estimate of drug-likeness (QED) is 0.545. The monoisotopic (exact) mass is 356 g/mol. The second-order valence-electron chi connectivity index (χ2n) is 6.24. The summed E-state index contributed by atoms with van der Waals surface area (Å²) in [6.45, 7) is 0. The number of para-hydroxylation sites is 2. The van der Waals surface area contributed by atoms with Gasteiger partial charge in [-0.25, -0.2) is 0 Å². The van der Waals surface area contributed by atoms with Crippen molar-refractivity contribution in [3.8, 4) is 0 Å². The number of rotatable bonds is 4. The van der Waals surface area contributed by atoms with E-state index in [-0.39, 0.29) is 0 Å². The van der Waals surface area contributed by atoms with E-state index >= 15 is 0 Å². The first-order valence-corrected chi connectivity index (χ1v) is 8.35. The molecule has 27 heavy (non-hydrogen) atoms. The molecule has 2 heterocycles. The predicted molar refractivity (Wildman–Crippen MR) is 103 cm³/mol. The van der Waals surface area contributed by atoms with Gasteiger partial charge < -0.3 is 11.5 Å². The lowest BCUT2D eigenvalue weighted by Crippen LogP contribution is -2.52. The van der Waals surface area contributed by atoms with E-state index in [1.807, 2.05) is 24.3 Å². The number of hydrogen-bond donors (Lipinski definition) is 2. The van der Waals surface area contributed by atoms with E-state index in [0.29, 0.717) is 22.2 Å². The second-order valence-corrected chi connectivity index (χ2v) is 6.24. The van der Waals surface area contributed by atoms with Crippen LogP contribution in [-0.4, -0.2) is 21.8 Å². The molecule has 6 heteroatoms. The number of aromatic nitrogens is 2. The van der Waals surface area contributed by atoms with E-state index < -0.39 is 17.2 Å². The molecule has 0 aliphatic heterocycles. The summed E-state index contributed by atoms with van der Waals surface area (Å²) in [4.78, 5) is 34.4. The lowest BCUT2D eigenvalue weighted by Gasteiger charge is -2.29. The molecule has 0 fully saturated rings. The van der Waals surface area contributed by atoms with Gasteiger partial charge in [-0.3, -0.25) is 19.6 Å². The number of hydrogen-bond acceptors (Lipinski definition) is 4. The van der Waals surface area contributed by atoms with Gasteiger partial charge in [-0.2, -0.15) is 0 Å². The predicted octanol–water partition coefficient (Wildman–Crippen LogP) is 2.04. The molecule has 4 aromatic rings. The highest BCUT2D eigenvalue weighted by molar-refractivity contribution is 6.17. The minimum Gasteiger partial charge on any atom is -0.368 e. The molecule has 0 radical (unpaired) electrons. The molecule has 0 bridgehead atoms. The van der Waals surface area contributed by atoms with Crippen molar-refractivity contribution in [1.29, 1.82) is 0 Å². The molecule has 4 rings (SSSR count). The van der Waals surface area contributed by atoms with Crippen LogP contribution in [0.5, 0.6) is 0 Å². The molecule has 2 aromatic heterocycles. The SMILES string of the molecule is NC(=O)C(C(N)=O)(c1cccc2cccnc12)c1cccc2cccnc12. The molecule has 4 N–H and O–H groups in total. The average Bonchev–Trinajstić information content (AvgIpc) is 2.68. The average molecular weight is 356 g/mol. The van der Waals surface area contributed by atoms with Crippen LogP contribution in [0.15, 0.2) is 73.1 Å². The van der Waals surface area contributed by atoms with Crippen molar-refractivity contribution in [3.63, 3.8) is 0 Å². The first-order chi connectivity index (χ1) is 13.1. The van der Waals surface area contributed by atoms with Crippen LogP contribution in [0.3, 0.4) is 0 Å². The van der Waals surface area contributed by atoms with E-state index in [9.17, 15) is 9.59 Å². The largest absolute Gasteiger partial charge is 0.368 e. The normalized spacial score (nSPS) is 11.6. The van der Waals surface area contributed by atoms with Crippen molar-refractivity contribution in [1.82, 2.24) is 9.97 Å². The van der Waals surface area contributed by atoms with Crippen molar-refractivity contribution >= 4 is 33.6 Å². The van der Waals surface area contributed by atoms with Crippen LogP contribution < -0.4 is 11.5 Å². The maximum absolute atomic E-state index is 12.8. The second kappa shape index (κ2) is 6.17. The number of nitrogens with zero attached hydrogens (tertiary/aromatic N) is 2. The Balaban J connectivity index is 2.20. The summed E-state index contributed by atoms with van der Waals surface area (Å²) in [7, 11) is 0. The highest BCUT2D eigenvalue weighted by Crippen LogP contribution is 2.38. The van der Waals surface area contributed by atoms with Crippen LogP contribution in [0.25, 0.3) is 21.8 Å². The molecule has 2 aromatic carbocycles. The summed E-state index contributed by atoms with van der Waals surface area (Å²) in [5.74, 6) is -1.74. The van der Waals surface area contributed by atoms with Crippen molar-refractivity contribution < 1.29 is 9.59 Å². The van der Waals surface area contributed by atoms with Gasteiger partial charge in [0.15, 0.2) is 5.41 Å². The summed E-state index contributed by atoms with van der Waals surface area (Å²) in [5.41, 5.74) is 11.4. The van der Waals surface area contributed by atoms with Gasteiger partial charge in [0.25, 0.3) is 0 Å². The van der Waals surface area contributed by atoms with Crippen LogP contribution in [0.2, 0.25) is 0 Å². The van der Waals surface area contributed by atoms with E-state index in [4.69, 9.17) is 11.5 Å². The number of carbonyl (C=O) groups excluding carboxylic acids is 2. The minimum absolute atomic E-state index is 0.346. The van der Waals surface area contributed by atoms with Crippen LogP contribution in [0.4, 0.5) is 0 Å². The highest BCUT2D eigenvalue weighted by Gasteiger charge is 2.49. The first-order valence-electron chi connectivity index (χ1n) is 8.35. The fraction of sp³-hybridized carbons (Fsp3) is 0.0476. The van der Waals surface area contributed by atoms with Crippen LogP contribution in [0.1, 0.15) is 11.1 Å². The lowest BCUT2D eigenvalue weighted by molar-refractivity contribution is -0.132. The third-order valence-electron chi connectivity index (χ3n) is 4.81. The maximum atomic E-state index is 12.8. The minimum atomic E-state index is -1.90. The Labute approximate surface area is 154 Å². The van der Waals surface area contributed by atoms with Gasteiger partial charge in [0.2, 0.25) is 11.8 Å². The fourth-order valence-corrected chi connectivity index (χ4v) is 3.61. The van der Waals surface area contributed by atoms with Gasteiger partial charge in [0, 0.05) is 34.3 Å². The molecule has 0 unspecified atom stereocenters. The summed E-state index contributed by atoms with van der Waals surface area (Å²) in [5, 5.41) is 1.55. The molecular formula is C21H16N4O2. The number of primary amides is 2. The summed E-state index contributed by atoms with van der Waals surface area (Å²) in [6, 6.07) is 17.8. The topological polar surface area (TPSA) is 112 Å². The zero-order valence-corrected chi connectivity index (χ0v) is 14.3. The number of benzene rings is 2. The van der Waals surface area contributed by atoms with Crippen LogP contribution >= 0.6 is 0 Å². The van der Waals surface area contributed by atoms with Gasteiger partial charge in [-0.05, 0) is 12.1 Å². The molecule has 0 saturated heterocycles. The molecule has 6 nitrogen and oxygen atoms in total. The van der Waals surface area contributed by atoms with Gasteiger partial charge in [0.05, 0.1) is 11.0 Å². The number of amides is 2. The molecule has 0 atom stereocenters. The van der Waals surface area contributed by atoms with Crippen molar-refractivity contribution in [2.24, 2.45) is 11.5 Å². The Bertz CT molecular complexity index is 1100. The number of fused-ring (bicyclic) bond motifs is 2. The molecule has 0 aliphatic rings. The molecular weight excluding hydrogens is 340 g/mol. The molecule has 0 saturated carbocycles. The number of nitrogens with two attached hydrogens (primary N) is 2. The molecule has 0 spiro atoms. The van der Waals surface area contributed by atoms with Crippen molar-refractivity contribution in [3.05, 3.63) is 84.2 Å². The summed E-state index contributed by atoms with van der Waals surface area (Å²) in [6.07, 6.45) is 3.19. The van der Waals surface area contributed by atoms with Gasteiger partial charge in [-0.1, -0.05) is 48.5 Å². The third kappa shape index (κ3) is 2.34. The van der Waals surface area contributed by atoms with Crippen LogP contribution in [-0.2, 0) is 15.0 Å². The Morgan fingerprint density at radius 2 is 1.07 bits per heavy atom. The Morgan fingerprint density at radius 3 is 1.48 bits per heavy atom. The smallest absolute Gasteiger partial charge is 0.242 e. The van der Waals surface area contributed by atoms with Gasteiger partial charge in [0.1, 0.15) is 0 Å². The number of carbonyl (C=O) groups is 2. The molecule has 2 amide bonds. The zero-order chi connectivity index (χ0) is 19.0. The Hall–Kier alpha value is -3.80. The highest BCUT2D eigenvalue weighted by atomic mass is 16.2. The van der Waals surface area contributed by atoms with Gasteiger partial charge in [-0.15, -0.1) is 0 Å². The molecule has 132 valence electrons. The van der Waals surface area contributed by atoms with E-state index in [1.165, 1.54) is 0 Å². The number of pyridine rings is 2. The Kier molecular flexibility index (Phi) is 3.81. The van der Waals surface area contributed by atoms with E-state index in [0.717, 1.165) is 10.8 Å².